The van der Waals surface area contributed by atoms with E-state index in [0.717, 1.165) is 35.2 Å². The van der Waals surface area contributed by atoms with Gasteiger partial charge in [-0.05, 0) is 45.7 Å². The molecule has 40 heavy (non-hydrogen) atoms. The Morgan fingerprint density at radius 2 is 1.77 bits per heavy atom. The van der Waals surface area contributed by atoms with E-state index in [2.05, 4.69) is 29.5 Å². The summed E-state index contributed by atoms with van der Waals surface area (Å²) in [4.78, 5) is 27.6. The molecule has 3 rings (SSSR count). The van der Waals surface area contributed by atoms with Crippen LogP contribution >= 0.6 is 0 Å². The number of pyridine rings is 1. The van der Waals surface area contributed by atoms with Gasteiger partial charge in [0, 0.05) is 30.4 Å². The van der Waals surface area contributed by atoms with Crippen molar-refractivity contribution in [3.63, 3.8) is 0 Å². The van der Waals surface area contributed by atoms with Crippen LogP contribution in [0.15, 0.2) is 79.6 Å². The molecule has 3 atom stereocenters. The van der Waals surface area contributed by atoms with Crippen molar-refractivity contribution in [3.8, 4) is 17.2 Å². The van der Waals surface area contributed by atoms with E-state index < -0.39 is 12.2 Å². The molecule has 0 radical (unpaired) electrons. The monoisotopic (exact) mass is 548 g/mol. The van der Waals surface area contributed by atoms with Crippen LogP contribution in [0.3, 0.4) is 0 Å². The molecular formula is C32H44N4O4. The third-order valence-electron chi connectivity index (χ3n) is 5.55. The van der Waals surface area contributed by atoms with Gasteiger partial charge in [0.15, 0.2) is 6.10 Å². The standard InChI is InChI=1S/C15H13N3O.C8H15NO3.C7H10.C2H6/c1-11(18-10-19)15-7-6-13(9-17-15)14-5-3-2-4-12(14)8-16;1-6(10)7(11)8(12)9-4-2-3-5-9;1-4-5-6-7(2)3;1-2/h2-7,9-11H,1H3,(H,18,19);6-7,10-11H,2-5H2,1H3;4-6H,1-2H2,3H3;1-2H3/b;;6-5-;/t;6-,7+;;/m.0../s1. The van der Waals surface area contributed by atoms with Crippen molar-refractivity contribution < 1.29 is 19.8 Å². The average Bonchev–Trinajstić information content (AvgIpc) is 3.52. The van der Waals surface area contributed by atoms with Crippen molar-refractivity contribution in [3.05, 3.63) is 90.8 Å². The minimum atomic E-state index is -1.25. The number of hydrogen-bond acceptors (Lipinski definition) is 6. The van der Waals surface area contributed by atoms with Crippen LogP contribution in [0.2, 0.25) is 0 Å². The molecule has 1 saturated heterocycles. The first-order chi connectivity index (χ1) is 19.2. The second-order valence-corrected chi connectivity index (χ2v) is 8.79. The molecule has 1 fully saturated rings. The highest BCUT2D eigenvalue weighted by Crippen LogP contribution is 2.23. The summed E-state index contributed by atoms with van der Waals surface area (Å²) in [5, 5.41) is 29.9. The molecule has 2 aromatic rings. The van der Waals surface area contributed by atoms with Gasteiger partial charge in [0.05, 0.1) is 29.5 Å². The SMILES string of the molecule is C=C/C=C\C(=C)C.CC.CC(NC=O)c1ccc(-c2ccccc2C#N)cn1.C[C@H](O)[C@@H](O)C(=O)N1CCCC1. The molecule has 1 aromatic carbocycles. The van der Waals surface area contributed by atoms with Gasteiger partial charge in [0.1, 0.15) is 0 Å². The summed E-state index contributed by atoms with van der Waals surface area (Å²) in [5.41, 5.74) is 4.21. The van der Waals surface area contributed by atoms with E-state index in [-0.39, 0.29) is 11.9 Å². The topological polar surface area (TPSA) is 127 Å². The van der Waals surface area contributed by atoms with Crippen molar-refractivity contribution in [1.82, 2.24) is 15.2 Å². The number of amides is 2. The number of nitrogens with zero attached hydrogens (tertiary/aromatic N) is 3. The lowest BCUT2D eigenvalue weighted by Gasteiger charge is -2.20. The fourth-order valence-electron chi connectivity index (χ4n) is 3.40. The summed E-state index contributed by atoms with van der Waals surface area (Å²) >= 11 is 0. The van der Waals surface area contributed by atoms with E-state index in [9.17, 15) is 14.7 Å². The zero-order valence-electron chi connectivity index (χ0n) is 24.4. The van der Waals surface area contributed by atoms with Crippen LogP contribution in [0.4, 0.5) is 0 Å². The minimum absolute atomic E-state index is 0.127. The van der Waals surface area contributed by atoms with Gasteiger partial charge in [-0.3, -0.25) is 14.6 Å². The van der Waals surface area contributed by atoms with Gasteiger partial charge in [-0.1, -0.05) is 75.1 Å². The van der Waals surface area contributed by atoms with Crippen molar-refractivity contribution in [2.24, 2.45) is 0 Å². The summed E-state index contributed by atoms with van der Waals surface area (Å²) in [7, 11) is 0. The summed E-state index contributed by atoms with van der Waals surface area (Å²) in [5.74, 6) is -0.345. The number of hydrogen-bond donors (Lipinski definition) is 3. The quantitative estimate of drug-likeness (QED) is 0.311. The number of rotatable bonds is 8. The Morgan fingerprint density at radius 3 is 2.23 bits per heavy atom. The van der Waals surface area contributed by atoms with Crippen LogP contribution in [0, 0.1) is 11.3 Å². The Labute approximate surface area is 239 Å². The Kier molecular flexibility index (Phi) is 18.7. The van der Waals surface area contributed by atoms with Crippen molar-refractivity contribution in [2.75, 3.05) is 13.1 Å². The van der Waals surface area contributed by atoms with E-state index in [1.54, 1.807) is 23.2 Å². The second-order valence-electron chi connectivity index (χ2n) is 8.79. The molecular weight excluding hydrogens is 504 g/mol. The van der Waals surface area contributed by atoms with Gasteiger partial charge in [0.2, 0.25) is 6.41 Å². The normalized spacial score (nSPS) is 13.9. The highest BCUT2D eigenvalue weighted by molar-refractivity contribution is 5.81. The number of benzene rings is 1. The summed E-state index contributed by atoms with van der Waals surface area (Å²) in [6.07, 6.45) is 7.65. The number of likely N-dealkylation sites (tertiary alicyclic amines) is 1. The third kappa shape index (κ3) is 13.1. The largest absolute Gasteiger partial charge is 0.390 e. The Bertz CT molecular complexity index is 1110. The lowest BCUT2D eigenvalue weighted by Crippen LogP contribution is -2.42. The van der Waals surface area contributed by atoms with Crippen LogP contribution in [0.25, 0.3) is 11.1 Å². The van der Waals surface area contributed by atoms with Gasteiger partial charge in [0.25, 0.3) is 5.91 Å². The maximum absolute atomic E-state index is 11.3. The first kappa shape index (κ1) is 35.9. The zero-order valence-corrected chi connectivity index (χ0v) is 24.4. The van der Waals surface area contributed by atoms with E-state index >= 15 is 0 Å². The molecule has 1 aliphatic rings. The molecule has 1 aliphatic heterocycles. The Morgan fingerprint density at radius 1 is 1.15 bits per heavy atom. The molecule has 0 saturated carbocycles. The van der Waals surface area contributed by atoms with Gasteiger partial charge in [-0.15, -0.1) is 0 Å². The van der Waals surface area contributed by atoms with E-state index in [4.69, 9.17) is 10.4 Å². The zero-order chi connectivity index (χ0) is 30.5. The number of aliphatic hydroxyl groups is 2. The maximum Gasteiger partial charge on any atom is 0.254 e. The lowest BCUT2D eigenvalue weighted by molar-refractivity contribution is -0.144. The maximum atomic E-state index is 11.3. The van der Waals surface area contributed by atoms with Gasteiger partial charge in [-0.2, -0.15) is 5.26 Å². The van der Waals surface area contributed by atoms with Gasteiger partial charge < -0.3 is 20.4 Å². The predicted octanol–water partition coefficient (Wildman–Crippen LogP) is 5.11. The predicted molar refractivity (Wildman–Crippen MR) is 161 cm³/mol. The fraction of sp³-hybridized carbons (Fsp3) is 0.375. The molecule has 0 spiro atoms. The number of nitrogens with one attached hydrogen (secondary N) is 1. The highest BCUT2D eigenvalue weighted by Gasteiger charge is 2.27. The van der Waals surface area contributed by atoms with E-state index in [1.165, 1.54) is 6.92 Å². The van der Waals surface area contributed by atoms with Crippen LogP contribution < -0.4 is 5.32 Å². The molecule has 8 heteroatoms. The smallest absolute Gasteiger partial charge is 0.254 e. The molecule has 216 valence electrons. The van der Waals surface area contributed by atoms with E-state index in [0.29, 0.717) is 25.1 Å². The first-order valence-corrected chi connectivity index (χ1v) is 13.4. The van der Waals surface area contributed by atoms with Crippen LogP contribution in [-0.2, 0) is 9.59 Å². The summed E-state index contributed by atoms with van der Waals surface area (Å²) in [6.45, 7) is 17.8. The number of nitriles is 1. The second kappa shape index (κ2) is 20.8. The van der Waals surface area contributed by atoms with Crippen molar-refractivity contribution in [1.29, 1.82) is 5.26 Å². The Balaban J connectivity index is 0.000000620. The number of allylic oxidation sites excluding steroid dienone is 4. The molecule has 8 nitrogen and oxygen atoms in total. The fourth-order valence-corrected chi connectivity index (χ4v) is 3.40. The third-order valence-corrected chi connectivity index (χ3v) is 5.55. The summed E-state index contributed by atoms with van der Waals surface area (Å²) < 4.78 is 0. The van der Waals surface area contributed by atoms with Gasteiger partial charge >= 0.3 is 0 Å². The lowest BCUT2D eigenvalue weighted by atomic mass is 10.0. The van der Waals surface area contributed by atoms with Crippen molar-refractivity contribution >= 4 is 12.3 Å². The number of carbonyl (C=O) groups is 2. The van der Waals surface area contributed by atoms with Crippen molar-refractivity contribution in [2.45, 2.75) is 65.7 Å². The molecule has 3 N–H and O–H groups in total. The Hall–Kier alpha value is -4.06. The molecule has 1 unspecified atom stereocenters. The molecule has 0 bridgehead atoms. The molecule has 1 aromatic heterocycles. The molecule has 2 heterocycles. The first-order valence-electron chi connectivity index (χ1n) is 13.4. The summed E-state index contributed by atoms with van der Waals surface area (Å²) in [6, 6.07) is 13.2. The van der Waals surface area contributed by atoms with Crippen LogP contribution in [0.1, 0.15) is 64.8 Å². The molecule has 0 aliphatic carbocycles. The highest BCUT2D eigenvalue weighted by atomic mass is 16.3. The van der Waals surface area contributed by atoms with Gasteiger partial charge in [-0.25, -0.2) is 0 Å². The average molecular weight is 549 g/mol. The number of aliphatic hydroxyl groups excluding tert-OH is 2. The van der Waals surface area contributed by atoms with Crippen LogP contribution in [0.5, 0.6) is 0 Å². The molecule has 2 amide bonds. The van der Waals surface area contributed by atoms with Crippen LogP contribution in [-0.4, -0.2) is 57.7 Å². The number of carbonyl (C=O) groups excluding carboxylic acids is 2. The number of aromatic nitrogens is 1. The van der Waals surface area contributed by atoms with E-state index in [1.807, 2.05) is 70.2 Å². The minimum Gasteiger partial charge on any atom is -0.390 e.